The number of nitrogens with zero attached hydrogens (tertiary/aromatic N) is 3. The maximum atomic E-state index is 11.8. The average Bonchev–Trinajstić information content (AvgIpc) is 2.84. The zero-order chi connectivity index (χ0) is 11.5. The summed E-state index contributed by atoms with van der Waals surface area (Å²) in [4.78, 5) is 16.0. The Morgan fingerprint density at radius 3 is 2.94 bits per heavy atom. The van der Waals surface area contributed by atoms with Crippen LogP contribution in [0, 0.1) is 6.92 Å². The number of ketones is 1. The molecule has 0 aromatic carbocycles. The van der Waals surface area contributed by atoms with Crippen molar-refractivity contribution in [3.63, 3.8) is 0 Å². The van der Waals surface area contributed by atoms with Gasteiger partial charge in [-0.15, -0.1) is 11.3 Å². The van der Waals surface area contributed by atoms with Crippen LogP contribution in [0.2, 0.25) is 0 Å². The third kappa shape index (κ3) is 2.36. The van der Waals surface area contributed by atoms with E-state index in [9.17, 15) is 4.79 Å². The molecule has 5 heteroatoms. The third-order valence-corrected chi connectivity index (χ3v) is 3.21. The second-order valence-electron chi connectivity index (χ2n) is 3.62. The van der Waals surface area contributed by atoms with Crippen LogP contribution in [0.25, 0.3) is 0 Å². The number of hydrogen-bond donors (Lipinski definition) is 0. The number of Topliss-reactive ketones (excluding diaryl/α,β-unsaturated/α-hetero) is 1. The highest BCUT2D eigenvalue weighted by Crippen LogP contribution is 2.11. The summed E-state index contributed by atoms with van der Waals surface area (Å²) in [5, 5.41) is 6.82. The maximum absolute atomic E-state index is 11.8. The Morgan fingerprint density at radius 2 is 2.38 bits per heavy atom. The van der Waals surface area contributed by atoms with Gasteiger partial charge in [0.2, 0.25) is 0 Å². The zero-order valence-electron chi connectivity index (χ0n) is 9.30. The molecule has 0 aliphatic rings. The van der Waals surface area contributed by atoms with Gasteiger partial charge < -0.3 is 0 Å². The van der Waals surface area contributed by atoms with E-state index in [0.29, 0.717) is 18.5 Å². The number of carbonyl (C=O) groups is 1. The molecule has 2 heterocycles. The highest BCUT2D eigenvalue weighted by molar-refractivity contribution is 7.09. The van der Waals surface area contributed by atoms with Crippen LogP contribution >= 0.6 is 11.3 Å². The van der Waals surface area contributed by atoms with Crippen LogP contribution in [0.5, 0.6) is 0 Å². The molecule has 0 N–H and O–H groups in total. The van der Waals surface area contributed by atoms with Gasteiger partial charge in [0.1, 0.15) is 5.69 Å². The molecule has 4 nitrogen and oxygen atoms in total. The molecule has 2 aromatic heterocycles. The molecule has 0 unspecified atom stereocenters. The summed E-state index contributed by atoms with van der Waals surface area (Å²) in [7, 11) is 1.88. The van der Waals surface area contributed by atoms with E-state index in [1.54, 1.807) is 10.9 Å². The van der Waals surface area contributed by atoms with Crippen LogP contribution in [-0.2, 0) is 13.5 Å². The van der Waals surface area contributed by atoms with Crippen molar-refractivity contribution < 1.29 is 4.79 Å². The number of aryl methyl sites for hydroxylation is 3. The topological polar surface area (TPSA) is 47.8 Å². The average molecular weight is 235 g/mol. The molecule has 0 bridgehead atoms. The van der Waals surface area contributed by atoms with Crippen molar-refractivity contribution in [2.24, 2.45) is 7.05 Å². The van der Waals surface area contributed by atoms with Crippen molar-refractivity contribution >= 4 is 17.1 Å². The highest BCUT2D eigenvalue weighted by Gasteiger charge is 2.10. The van der Waals surface area contributed by atoms with Crippen molar-refractivity contribution in [3.05, 3.63) is 34.0 Å². The number of carbonyl (C=O) groups excluding carboxylic acids is 1. The largest absolute Gasteiger partial charge is 0.292 e. The molecular formula is C11H13N3OS. The minimum absolute atomic E-state index is 0.102. The lowest BCUT2D eigenvalue weighted by atomic mass is 10.1. The number of thiazole rings is 1. The van der Waals surface area contributed by atoms with Gasteiger partial charge in [0, 0.05) is 30.7 Å². The Bertz CT molecular complexity index is 501. The Kier molecular flexibility index (Phi) is 3.14. The normalized spacial score (nSPS) is 10.6. The molecule has 16 heavy (non-hydrogen) atoms. The Labute approximate surface area is 97.9 Å². The predicted octanol–water partition coefficient (Wildman–Crippen LogP) is 2.00. The number of hydrogen-bond acceptors (Lipinski definition) is 4. The Balaban J connectivity index is 1.96. The lowest BCUT2D eigenvalue weighted by molar-refractivity contribution is 0.0978. The van der Waals surface area contributed by atoms with Crippen molar-refractivity contribution in [1.29, 1.82) is 0 Å². The van der Waals surface area contributed by atoms with Crippen molar-refractivity contribution in [3.8, 4) is 0 Å². The van der Waals surface area contributed by atoms with Crippen molar-refractivity contribution in [1.82, 2.24) is 14.8 Å². The van der Waals surface area contributed by atoms with Gasteiger partial charge in [-0.2, -0.15) is 5.10 Å². The summed E-state index contributed by atoms with van der Waals surface area (Å²) in [5.41, 5.74) is 1.66. The first-order valence-corrected chi connectivity index (χ1v) is 5.97. The summed E-state index contributed by atoms with van der Waals surface area (Å²) in [6.45, 7) is 1.91. The molecular weight excluding hydrogens is 222 g/mol. The molecule has 0 aliphatic heterocycles. The second kappa shape index (κ2) is 4.57. The summed E-state index contributed by atoms with van der Waals surface area (Å²) in [6, 6.07) is 1.93. The van der Waals surface area contributed by atoms with Gasteiger partial charge in [-0.25, -0.2) is 4.98 Å². The van der Waals surface area contributed by atoms with E-state index in [4.69, 9.17) is 0 Å². The fraction of sp³-hybridized carbons (Fsp3) is 0.364. The minimum atomic E-state index is 0.102. The maximum Gasteiger partial charge on any atom is 0.182 e. The molecule has 84 valence electrons. The molecule has 0 spiro atoms. The van der Waals surface area contributed by atoms with Gasteiger partial charge in [-0.1, -0.05) is 0 Å². The molecule has 0 saturated heterocycles. The van der Waals surface area contributed by atoms with Crippen LogP contribution < -0.4 is 0 Å². The van der Waals surface area contributed by atoms with Crippen molar-refractivity contribution in [2.75, 3.05) is 0 Å². The summed E-state index contributed by atoms with van der Waals surface area (Å²) >= 11 is 1.51. The molecule has 0 radical (unpaired) electrons. The summed E-state index contributed by atoms with van der Waals surface area (Å²) in [5.74, 6) is 0.102. The smallest absolute Gasteiger partial charge is 0.182 e. The van der Waals surface area contributed by atoms with Gasteiger partial charge >= 0.3 is 0 Å². The molecule has 0 amide bonds. The predicted molar refractivity (Wildman–Crippen MR) is 62.7 cm³/mol. The minimum Gasteiger partial charge on any atom is -0.292 e. The van der Waals surface area contributed by atoms with Gasteiger partial charge in [-0.3, -0.25) is 9.48 Å². The lowest BCUT2D eigenvalue weighted by Crippen LogP contribution is -2.05. The first kappa shape index (κ1) is 11.0. The second-order valence-corrected chi connectivity index (χ2v) is 4.68. The molecule has 0 atom stereocenters. The van der Waals surface area contributed by atoms with E-state index in [1.807, 2.05) is 25.4 Å². The van der Waals surface area contributed by atoms with Crippen LogP contribution in [0.1, 0.15) is 27.6 Å². The SMILES string of the molecule is Cc1nc(C(=O)CCc2ccnn2C)cs1. The molecule has 0 aliphatic carbocycles. The Morgan fingerprint density at radius 1 is 1.56 bits per heavy atom. The third-order valence-electron chi connectivity index (χ3n) is 2.44. The Hall–Kier alpha value is -1.49. The van der Waals surface area contributed by atoms with E-state index in [1.165, 1.54) is 11.3 Å². The van der Waals surface area contributed by atoms with E-state index in [2.05, 4.69) is 10.1 Å². The van der Waals surface area contributed by atoms with Gasteiger partial charge in [0.25, 0.3) is 0 Å². The molecule has 2 aromatic rings. The van der Waals surface area contributed by atoms with E-state index < -0.39 is 0 Å². The molecule has 0 saturated carbocycles. The van der Waals surface area contributed by atoms with E-state index in [0.717, 1.165) is 10.7 Å². The van der Waals surface area contributed by atoms with Crippen molar-refractivity contribution in [2.45, 2.75) is 19.8 Å². The van der Waals surface area contributed by atoms with Gasteiger partial charge in [0.15, 0.2) is 5.78 Å². The number of rotatable bonds is 4. The first-order valence-electron chi connectivity index (χ1n) is 5.09. The van der Waals surface area contributed by atoms with E-state index >= 15 is 0 Å². The van der Waals surface area contributed by atoms with Gasteiger partial charge in [-0.05, 0) is 19.4 Å². The number of aromatic nitrogens is 3. The first-order chi connectivity index (χ1) is 7.66. The van der Waals surface area contributed by atoms with Crippen LogP contribution in [-0.4, -0.2) is 20.5 Å². The van der Waals surface area contributed by atoms with Crippen LogP contribution in [0.4, 0.5) is 0 Å². The fourth-order valence-electron chi connectivity index (χ4n) is 1.51. The van der Waals surface area contributed by atoms with Gasteiger partial charge in [0.05, 0.1) is 5.01 Å². The summed E-state index contributed by atoms with van der Waals surface area (Å²) in [6.07, 6.45) is 2.95. The molecule has 0 fully saturated rings. The standard InChI is InChI=1S/C11H13N3OS/c1-8-13-10(7-16-8)11(15)4-3-9-5-6-12-14(9)2/h5-7H,3-4H2,1-2H3. The zero-order valence-corrected chi connectivity index (χ0v) is 10.1. The molecule has 2 rings (SSSR count). The fourth-order valence-corrected chi connectivity index (χ4v) is 2.13. The monoisotopic (exact) mass is 235 g/mol. The van der Waals surface area contributed by atoms with Crippen LogP contribution in [0.3, 0.4) is 0 Å². The van der Waals surface area contributed by atoms with E-state index in [-0.39, 0.29) is 5.78 Å². The lowest BCUT2D eigenvalue weighted by Gasteiger charge is -1.99. The summed E-state index contributed by atoms with van der Waals surface area (Å²) < 4.78 is 1.79. The van der Waals surface area contributed by atoms with Crippen LogP contribution in [0.15, 0.2) is 17.6 Å². The highest BCUT2D eigenvalue weighted by atomic mass is 32.1. The quantitative estimate of drug-likeness (QED) is 0.761.